The van der Waals surface area contributed by atoms with Crippen molar-refractivity contribution >= 4 is 12.0 Å². The number of hydrogen-bond acceptors (Lipinski definition) is 2. The van der Waals surface area contributed by atoms with Crippen molar-refractivity contribution in [1.29, 1.82) is 0 Å². The fraction of sp³-hybridized carbons (Fsp3) is 0.846. The van der Waals surface area contributed by atoms with Gasteiger partial charge < -0.3 is 15.7 Å². The van der Waals surface area contributed by atoms with Crippen molar-refractivity contribution in [3.05, 3.63) is 0 Å². The number of carbonyl (C=O) groups is 2. The molecule has 0 saturated heterocycles. The fourth-order valence-electron chi connectivity index (χ4n) is 1.84. The Morgan fingerprint density at radius 1 is 1.11 bits per heavy atom. The van der Waals surface area contributed by atoms with Gasteiger partial charge in [-0.15, -0.1) is 0 Å². The van der Waals surface area contributed by atoms with Gasteiger partial charge in [-0.05, 0) is 19.3 Å². The summed E-state index contributed by atoms with van der Waals surface area (Å²) in [6.07, 6.45) is 4.24. The van der Waals surface area contributed by atoms with Crippen LogP contribution in [-0.4, -0.2) is 29.7 Å². The highest BCUT2D eigenvalue weighted by Crippen LogP contribution is 2.05. The van der Waals surface area contributed by atoms with Crippen LogP contribution in [0.1, 0.15) is 52.9 Å². The van der Waals surface area contributed by atoms with Crippen LogP contribution in [0, 0.1) is 5.92 Å². The topological polar surface area (TPSA) is 78.4 Å². The van der Waals surface area contributed by atoms with E-state index in [0.29, 0.717) is 6.42 Å². The van der Waals surface area contributed by atoms with Crippen LogP contribution < -0.4 is 10.6 Å². The van der Waals surface area contributed by atoms with Crippen molar-refractivity contribution in [2.75, 3.05) is 6.54 Å². The molecule has 0 bridgehead atoms. The summed E-state index contributed by atoms with van der Waals surface area (Å²) in [5, 5.41) is 14.5. The van der Waals surface area contributed by atoms with E-state index in [4.69, 9.17) is 5.11 Å². The Labute approximate surface area is 109 Å². The lowest BCUT2D eigenvalue weighted by molar-refractivity contribution is -0.141. The van der Waals surface area contributed by atoms with Crippen LogP contribution in [0.5, 0.6) is 0 Å². The predicted molar refractivity (Wildman–Crippen MR) is 71.6 cm³/mol. The third-order valence-electron chi connectivity index (χ3n) is 2.96. The molecule has 3 N–H and O–H groups in total. The molecule has 0 heterocycles. The number of carbonyl (C=O) groups excluding carboxylic acids is 1. The van der Waals surface area contributed by atoms with E-state index in [1.807, 2.05) is 13.8 Å². The van der Waals surface area contributed by atoms with Crippen LogP contribution in [-0.2, 0) is 4.79 Å². The van der Waals surface area contributed by atoms with Gasteiger partial charge in [-0.2, -0.15) is 0 Å². The second kappa shape index (κ2) is 9.74. The summed E-state index contributed by atoms with van der Waals surface area (Å²) in [6, 6.07) is -0.0953. The normalized spacial score (nSPS) is 13.7. The lowest BCUT2D eigenvalue weighted by Gasteiger charge is -2.18. The highest BCUT2D eigenvalue weighted by molar-refractivity contribution is 5.76. The third-order valence-corrected chi connectivity index (χ3v) is 2.96. The number of urea groups is 1. The summed E-state index contributed by atoms with van der Waals surface area (Å²) in [5.74, 6) is -1.34. The Kier molecular flexibility index (Phi) is 9.06. The maximum atomic E-state index is 11.6. The molecule has 106 valence electrons. The van der Waals surface area contributed by atoms with Gasteiger partial charge in [0.1, 0.15) is 0 Å². The predicted octanol–water partition coefficient (Wildman–Crippen LogP) is 2.37. The number of carboxylic acids is 1. The second-order valence-corrected chi connectivity index (χ2v) is 4.57. The molecule has 0 aliphatic heterocycles. The summed E-state index contributed by atoms with van der Waals surface area (Å²) >= 11 is 0. The number of nitrogens with one attached hydrogen (secondary N) is 2. The minimum Gasteiger partial charge on any atom is -0.481 e. The van der Waals surface area contributed by atoms with E-state index in [0.717, 1.165) is 25.7 Å². The number of amides is 2. The minimum atomic E-state index is -0.849. The molecule has 0 aliphatic rings. The Hall–Kier alpha value is -1.26. The Bertz CT molecular complexity index is 257. The zero-order valence-corrected chi connectivity index (χ0v) is 11.7. The molecule has 0 fully saturated rings. The van der Waals surface area contributed by atoms with Gasteiger partial charge in [0.15, 0.2) is 0 Å². The number of aliphatic carboxylic acids is 1. The van der Waals surface area contributed by atoms with Gasteiger partial charge in [-0.3, -0.25) is 4.79 Å². The molecule has 0 aromatic rings. The van der Waals surface area contributed by atoms with E-state index >= 15 is 0 Å². The van der Waals surface area contributed by atoms with E-state index in [1.165, 1.54) is 0 Å². The molecule has 0 saturated carbocycles. The van der Waals surface area contributed by atoms with Gasteiger partial charge in [0.05, 0.1) is 5.92 Å². The SMILES string of the molecule is CCCC(CC)NC(=O)NCC(CCC)C(=O)O. The highest BCUT2D eigenvalue weighted by atomic mass is 16.4. The molecule has 5 nitrogen and oxygen atoms in total. The molecule has 0 spiro atoms. The first-order chi connectivity index (χ1) is 8.54. The zero-order chi connectivity index (χ0) is 14.0. The average Bonchev–Trinajstić information content (AvgIpc) is 2.33. The molecule has 0 aromatic heterocycles. The fourth-order valence-corrected chi connectivity index (χ4v) is 1.84. The quantitative estimate of drug-likeness (QED) is 0.594. The van der Waals surface area contributed by atoms with Gasteiger partial charge in [-0.1, -0.05) is 33.6 Å². The standard InChI is InChI=1S/C13H26N2O3/c1-4-7-10(12(16)17)9-14-13(18)15-11(6-3)8-5-2/h10-11H,4-9H2,1-3H3,(H,16,17)(H2,14,15,18). The molecular weight excluding hydrogens is 232 g/mol. The first-order valence-corrected chi connectivity index (χ1v) is 6.82. The molecular formula is C13H26N2O3. The molecule has 18 heavy (non-hydrogen) atoms. The smallest absolute Gasteiger partial charge is 0.315 e. The van der Waals surface area contributed by atoms with Gasteiger partial charge >= 0.3 is 12.0 Å². The molecule has 2 unspecified atom stereocenters. The first-order valence-electron chi connectivity index (χ1n) is 6.82. The minimum absolute atomic E-state index is 0.171. The van der Waals surface area contributed by atoms with Crippen molar-refractivity contribution in [3.63, 3.8) is 0 Å². The van der Waals surface area contributed by atoms with Crippen molar-refractivity contribution < 1.29 is 14.7 Å². The molecule has 0 radical (unpaired) electrons. The molecule has 0 aromatic carbocycles. The van der Waals surface area contributed by atoms with Crippen LogP contribution in [0.25, 0.3) is 0 Å². The number of carboxylic acid groups (broad SMARTS) is 1. The van der Waals surface area contributed by atoms with Crippen molar-refractivity contribution in [1.82, 2.24) is 10.6 Å². The van der Waals surface area contributed by atoms with E-state index < -0.39 is 11.9 Å². The molecule has 2 amide bonds. The first kappa shape index (κ1) is 16.7. The summed E-state index contributed by atoms with van der Waals surface area (Å²) in [4.78, 5) is 22.5. The van der Waals surface area contributed by atoms with Crippen molar-refractivity contribution in [2.45, 2.75) is 58.9 Å². The summed E-state index contributed by atoms with van der Waals surface area (Å²) in [6.45, 7) is 6.23. The maximum absolute atomic E-state index is 11.6. The van der Waals surface area contributed by atoms with E-state index in [-0.39, 0.29) is 18.6 Å². The van der Waals surface area contributed by atoms with Crippen LogP contribution in [0.15, 0.2) is 0 Å². The van der Waals surface area contributed by atoms with Crippen LogP contribution in [0.4, 0.5) is 4.79 Å². The van der Waals surface area contributed by atoms with E-state index in [1.54, 1.807) is 0 Å². The van der Waals surface area contributed by atoms with E-state index in [9.17, 15) is 9.59 Å². The van der Waals surface area contributed by atoms with Gasteiger partial charge in [-0.25, -0.2) is 4.79 Å². The van der Waals surface area contributed by atoms with E-state index in [2.05, 4.69) is 17.6 Å². The summed E-state index contributed by atoms with van der Waals surface area (Å²) in [5.41, 5.74) is 0. The van der Waals surface area contributed by atoms with Gasteiger partial charge in [0.25, 0.3) is 0 Å². The Balaban J connectivity index is 4.03. The number of hydrogen-bond donors (Lipinski definition) is 3. The lowest BCUT2D eigenvalue weighted by atomic mass is 10.0. The molecule has 0 rings (SSSR count). The third kappa shape index (κ3) is 7.14. The van der Waals surface area contributed by atoms with Crippen molar-refractivity contribution in [3.8, 4) is 0 Å². The monoisotopic (exact) mass is 258 g/mol. The number of rotatable bonds is 9. The molecule has 2 atom stereocenters. The average molecular weight is 258 g/mol. The Morgan fingerprint density at radius 2 is 1.72 bits per heavy atom. The summed E-state index contributed by atoms with van der Waals surface area (Å²) < 4.78 is 0. The van der Waals surface area contributed by atoms with Crippen LogP contribution in [0.3, 0.4) is 0 Å². The van der Waals surface area contributed by atoms with Crippen molar-refractivity contribution in [2.24, 2.45) is 5.92 Å². The molecule has 0 aliphatic carbocycles. The second-order valence-electron chi connectivity index (χ2n) is 4.57. The largest absolute Gasteiger partial charge is 0.481 e. The molecule has 5 heteroatoms. The van der Waals surface area contributed by atoms with Crippen LogP contribution in [0.2, 0.25) is 0 Å². The van der Waals surface area contributed by atoms with Gasteiger partial charge in [0, 0.05) is 12.6 Å². The summed E-state index contributed by atoms with van der Waals surface area (Å²) in [7, 11) is 0. The van der Waals surface area contributed by atoms with Gasteiger partial charge in [0.2, 0.25) is 0 Å². The highest BCUT2D eigenvalue weighted by Gasteiger charge is 2.17. The lowest BCUT2D eigenvalue weighted by Crippen LogP contribution is -2.44. The Morgan fingerprint density at radius 3 is 2.17 bits per heavy atom. The maximum Gasteiger partial charge on any atom is 0.315 e. The zero-order valence-electron chi connectivity index (χ0n) is 11.7. The van der Waals surface area contributed by atoms with Crippen LogP contribution >= 0.6 is 0 Å².